The molecule has 0 radical (unpaired) electrons. The summed E-state index contributed by atoms with van der Waals surface area (Å²) >= 11 is 13.2. The van der Waals surface area contributed by atoms with Gasteiger partial charge in [0.25, 0.3) is 5.22 Å². The lowest BCUT2D eigenvalue weighted by atomic mass is 10.0. The van der Waals surface area contributed by atoms with Gasteiger partial charge in [-0.05, 0) is 36.4 Å². The van der Waals surface area contributed by atoms with Gasteiger partial charge in [-0.15, -0.1) is 10.2 Å². The SMILES string of the molecule is O=C(CSc1nnc(-c2cccc(Cl)c2)o1)Nc1ccc(Cl)cc1C(=O)c1ccccc1. The Bertz CT molecular complexity index is 1280. The molecule has 32 heavy (non-hydrogen) atoms. The minimum absolute atomic E-state index is 0.0127. The molecule has 1 aromatic heterocycles. The number of rotatable bonds is 7. The zero-order chi connectivity index (χ0) is 22.5. The highest BCUT2D eigenvalue weighted by atomic mass is 35.5. The Morgan fingerprint density at radius 2 is 1.69 bits per heavy atom. The second-order valence-corrected chi connectivity index (χ2v) is 8.40. The van der Waals surface area contributed by atoms with Gasteiger partial charge >= 0.3 is 0 Å². The van der Waals surface area contributed by atoms with Gasteiger partial charge in [0.05, 0.1) is 11.4 Å². The molecule has 0 saturated carbocycles. The number of nitrogens with zero attached hydrogens (tertiary/aromatic N) is 2. The Kier molecular flexibility index (Phi) is 6.90. The van der Waals surface area contributed by atoms with Crippen molar-refractivity contribution in [2.24, 2.45) is 0 Å². The number of carbonyl (C=O) groups excluding carboxylic acids is 2. The van der Waals surface area contributed by atoms with Gasteiger partial charge < -0.3 is 9.73 Å². The molecule has 0 spiro atoms. The van der Waals surface area contributed by atoms with Crippen molar-refractivity contribution in [2.75, 3.05) is 11.1 Å². The average Bonchev–Trinajstić information content (AvgIpc) is 3.28. The maximum atomic E-state index is 12.9. The molecule has 160 valence electrons. The van der Waals surface area contributed by atoms with Gasteiger partial charge in [-0.2, -0.15) is 0 Å². The molecule has 1 N–H and O–H groups in total. The first kappa shape index (κ1) is 22.1. The topological polar surface area (TPSA) is 85.1 Å². The molecule has 0 unspecified atom stereocenters. The number of anilines is 1. The van der Waals surface area contributed by atoms with E-state index in [9.17, 15) is 9.59 Å². The van der Waals surface area contributed by atoms with Crippen LogP contribution in [0.1, 0.15) is 15.9 Å². The Morgan fingerprint density at radius 3 is 2.47 bits per heavy atom. The second-order valence-electron chi connectivity index (χ2n) is 6.61. The Labute approximate surface area is 198 Å². The first-order chi connectivity index (χ1) is 15.5. The largest absolute Gasteiger partial charge is 0.411 e. The molecule has 0 atom stereocenters. The molecule has 1 heterocycles. The van der Waals surface area contributed by atoms with Crippen molar-refractivity contribution in [3.63, 3.8) is 0 Å². The number of halogens is 2. The molecule has 0 aliphatic carbocycles. The van der Waals surface area contributed by atoms with Crippen LogP contribution in [0.15, 0.2) is 82.4 Å². The zero-order valence-electron chi connectivity index (χ0n) is 16.4. The number of amides is 1. The molecule has 4 rings (SSSR count). The first-order valence-corrected chi connectivity index (χ1v) is 11.1. The molecule has 0 fully saturated rings. The number of ketones is 1. The van der Waals surface area contributed by atoms with Crippen molar-refractivity contribution in [1.29, 1.82) is 0 Å². The maximum absolute atomic E-state index is 12.9. The summed E-state index contributed by atoms with van der Waals surface area (Å²) in [7, 11) is 0. The number of thioether (sulfide) groups is 1. The smallest absolute Gasteiger partial charge is 0.277 e. The summed E-state index contributed by atoms with van der Waals surface area (Å²) in [4.78, 5) is 25.4. The van der Waals surface area contributed by atoms with Crippen molar-refractivity contribution in [2.45, 2.75) is 5.22 Å². The lowest BCUT2D eigenvalue weighted by molar-refractivity contribution is -0.113. The van der Waals surface area contributed by atoms with Crippen LogP contribution < -0.4 is 5.32 Å². The van der Waals surface area contributed by atoms with Crippen molar-refractivity contribution >= 4 is 52.3 Å². The van der Waals surface area contributed by atoms with Crippen LogP contribution in [0.5, 0.6) is 0 Å². The van der Waals surface area contributed by atoms with Crippen molar-refractivity contribution in [3.05, 3.63) is 94.0 Å². The zero-order valence-corrected chi connectivity index (χ0v) is 18.7. The van der Waals surface area contributed by atoms with Crippen molar-refractivity contribution in [3.8, 4) is 11.5 Å². The van der Waals surface area contributed by atoms with Crippen LogP contribution in [0.4, 0.5) is 5.69 Å². The van der Waals surface area contributed by atoms with Gasteiger partial charge in [0.1, 0.15) is 0 Å². The number of carbonyl (C=O) groups is 2. The number of aromatic nitrogens is 2. The van der Waals surface area contributed by atoms with Crippen molar-refractivity contribution in [1.82, 2.24) is 10.2 Å². The fraction of sp³-hybridized carbons (Fsp3) is 0.0435. The molecule has 0 aliphatic rings. The molecule has 0 bridgehead atoms. The van der Waals surface area contributed by atoms with E-state index in [2.05, 4.69) is 15.5 Å². The number of hydrogen-bond acceptors (Lipinski definition) is 6. The van der Waals surface area contributed by atoms with Gasteiger partial charge in [-0.1, -0.05) is 71.4 Å². The molecular weight excluding hydrogens is 469 g/mol. The quantitative estimate of drug-likeness (QED) is 0.256. The Morgan fingerprint density at radius 1 is 0.906 bits per heavy atom. The third-order valence-corrected chi connectivity index (χ3v) is 5.63. The van der Waals surface area contributed by atoms with E-state index in [1.54, 1.807) is 60.7 Å². The van der Waals surface area contributed by atoms with Gasteiger partial charge in [0.2, 0.25) is 11.8 Å². The number of benzene rings is 3. The highest BCUT2D eigenvalue weighted by Gasteiger charge is 2.17. The van der Waals surface area contributed by atoms with E-state index >= 15 is 0 Å². The summed E-state index contributed by atoms with van der Waals surface area (Å²) in [6.45, 7) is 0. The predicted molar refractivity (Wildman–Crippen MR) is 125 cm³/mol. The molecular formula is C23H15Cl2N3O3S. The fourth-order valence-corrected chi connectivity index (χ4v) is 3.80. The van der Waals surface area contributed by atoms with Crippen LogP contribution in [0.25, 0.3) is 11.5 Å². The molecule has 1 amide bonds. The van der Waals surface area contributed by atoms with Gasteiger partial charge in [0.15, 0.2) is 5.78 Å². The maximum Gasteiger partial charge on any atom is 0.277 e. The highest BCUT2D eigenvalue weighted by molar-refractivity contribution is 7.99. The van der Waals surface area contributed by atoms with E-state index in [-0.39, 0.29) is 22.7 Å². The second kappa shape index (κ2) is 9.99. The minimum Gasteiger partial charge on any atom is -0.411 e. The highest BCUT2D eigenvalue weighted by Crippen LogP contribution is 2.27. The van der Waals surface area contributed by atoms with E-state index < -0.39 is 0 Å². The van der Waals surface area contributed by atoms with E-state index in [0.717, 1.165) is 11.8 Å². The van der Waals surface area contributed by atoms with Gasteiger partial charge in [-0.3, -0.25) is 9.59 Å². The minimum atomic E-state index is -0.332. The normalized spacial score (nSPS) is 10.7. The van der Waals surface area contributed by atoms with Gasteiger partial charge in [-0.25, -0.2) is 0 Å². The fourth-order valence-electron chi connectivity index (χ4n) is 2.88. The number of hydrogen-bond donors (Lipinski definition) is 1. The van der Waals surface area contributed by atoms with Crippen molar-refractivity contribution < 1.29 is 14.0 Å². The molecule has 9 heteroatoms. The van der Waals surface area contributed by atoms with E-state index in [0.29, 0.717) is 38.3 Å². The molecule has 0 saturated heterocycles. The van der Waals surface area contributed by atoms with E-state index in [4.69, 9.17) is 27.6 Å². The van der Waals surface area contributed by atoms with Crippen LogP contribution in [-0.2, 0) is 4.79 Å². The van der Waals surface area contributed by atoms with E-state index in [1.165, 1.54) is 6.07 Å². The summed E-state index contributed by atoms with van der Waals surface area (Å²) < 4.78 is 5.59. The Balaban J connectivity index is 1.43. The summed E-state index contributed by atoms with van der Waals surface area (Å²) in [5, 5.41) is 11.9. The number of nitrogens with one attached hydrogen (secondary N) is 1. The molecule has 6 nitrogen and oxygen atoms in total. The third kappa shape index (κ3) is 5.37. The molecule has 4 aromatic rings. The lowest BCUT2D eigenvalue weighted by Gasteiger charge is -2.11. The lowest BCUT2D eigenvalue weighted by Crippen LogP contribution is -2.17. The summed E-state index contributed by atoms with van der Waals surface area (Å²) in [6, 6.07) is 20.6. The van der Waals surface area contributed by atoms with Gasteiger partial charge in [0, 0.05) is 26.7 Å². The van der Waals surface area contributed by atoms with Crippen LogP contribution in [-0.4, -0.2) is 27.6 Å². The third-order valence-electron chi connectivity index (χ3n) is 4.34. The van der Waals surface area contributed by atoms with Crippen LogP contribution >= 0.6 is 35.0 Å². The Hall–Kier alpha value is -3.13. The first-order valence-electron chi connectivity index (χ1n) is 9.41. The van der Waals surface area contributed by atoms with Crippen LogP contribution in [0, 0.1) is 0 Å². The molecule has 0 aliphatic heterocycles. The summed E-state index contributed by atoms with van der Waals surface area (Å²) in [5.74, 6) is -0.247. The van der Waals surface area contributed by atoms with E-state index in [1.807, 2.05) is 6.07 Å². The molecule has 3 aromatic carbocycles. The average molecular weight is 484 g/mol. The summed E-state index contributed by atoms with van der Waals surface area (Å²) in [6.07, 6.45) is 0. The standard InChI is InChI=1S/C23H15Cl2N3O3S/c24-16-8-4-7-15(11-16)22-27-28-23(31-22)32-13-20(29)26-19-10-9-17(25)12-18(19)21(30)14-5-2-1-3-6-14/h1-12H,13H2,(H,26,29). The predicted octanol–water partition coefficient (Wildman–Crippen LogP) is 6.01. The summed E-state index contributed by atoms with van der Waals surface area (Å²) in [5.41, 5.74) is 1.87. The van der Waals surface area contributed by atoms with Crippen LogP contribution in [0.2, 0.25) is 10.0 Å². The monoisotopic (exact) mass is 483 g/mol. The van der Waals surface area contributed by atoms with Crippen LogP contribution in [0.3, 0.4) is 0 Å².